The van der Waals surface area contributed by atoms with Crippen LogP contribution in [0.4, 0.5) is 36.4 Å². The van der Waals surface area contributed by atoms with Gasteiger partial charge in [0.1, 0.15) is 23.5 Å². The summed E-state index contributed by atoms with van der Waals surface area (Å²) in [6, 6.07) is 18.1. The molecule has 47 heavy (non-hydrogen) atoms. The summed E-state index contributed by atoms with van der Waals surface area (Å²) in [5.41, 5.74) is 15.1. The van der Waals surface area contributed by atoms with Crippen molar-refractivity contribution in [1.82, 2.24) is 9.97 Å². The quantitative estimate of drug-likeness (QED) is 0.0770. The highest BCUT2D eigenvalue weighted by atomic mass is 19.4. The molecular weight excluding hydrogens is 645 g/mol. The third-order valence-corrected chi connectivity index (χ3v) is 5.79. The number of nitrogens with two attached hydrogens (primary N) is 2. The van der Waals surface area contributed by atoms with Crippen LogP contribution in [0.15, 0.2) is 72.9 Å². The Kier molecular flexibility index (Phi) is 12.2. The number of rotatable bonds is 7. The number of aliphatic carboxylic acids is 2. The molecule has 250 valence electrons. The van der Waals surface area contributed by atoms with E-state index in [0.29, 0.717) is 39.5 Å². The highest BCUT2D eigenvalue weighted by Gasteiger charge is 2.38. The van der Waals surface area contributed by atoms with Gasteiger partial charge in [-0.25, -0.2) is 19.0 Å². The molecule has 0 aliphatic heterocycles. The van der Waals surface area contributed by atoms with Crippen LogP contribution in [0.1, 0.15) is 38.9 Å². The van der Waals surface area contributed by atoms with Crippen molar-refractivity contribution < 1.29 is 55.3 Å². The standard InChI is InChI=1S/C25H23FN6O.2C2HF3O2/c1-14-6-11-20(26)19(12-14)22(31-16-9-7-15(8-10-16)23(27)28)25-30-13-21(32-25)17-4-2-3-5-18(17)24(29)33;2*3-2(4,5)1(6)7/h2-13,22,31H,1H3,(H3,27,28)(H2,29,33)(H,30,32);2*(H,6,7). The summed E-state index contributed by atoms with van der Waals surface area (Å²) in [5.74, 6) is -6.02. The largest absolute Gasteiger partial charge is 0.490 e. The first-order chi connectivity index (χ1) is 21.7. The summed E-state index contributed by atoms with van der Waals surface area (Å²) >= 11 is 0. The van der Waals surface area contributed by atoms with Crippen LogP contribution in [0.2, 0.25) is 0 Å². The monoisotopic (exact) mass is 670 g/mol. The van der Waals surface area contributed by atoms with Gasteiger partial charge in [0.2, 0.25) is 5.91 Å². The Bertz CT molecular complexity index is 1710. The number of hydrogen-bond donors (Lipinski definition) is 7. The van der Waals surface area contributed by atoms with Crippen LogP contribution < -0.4 is 16.8 Å². The van der Waals surface area contributed by atoms with E-state index >= 15 is 0 Å². The molecule has 0 bridgehead atoms. The average molecular weight is 671 g/mol. The maximum Gasteiger partial charge on any atom is 0.490 e. The van der Waals surface area contributed by atoms with Crippen LogP contribution in [0, 0.1) is 18.2 Å². The molecular formula is C29H25F7N6O5. The van der Waals surface area contributed by atoms with Gasteiger partial charge >= 0.3 is 24.3 Å². The number of nitrogens with zero attached hydrogens (tertiary/aromatic N) is 1. The average Bonchev–Trinajstić information content (AvgIpc) is 3.47. The number of nitrogen functional groups attached to an aromatic ring is 1. The summed E-state index contributed by atoms with van der Waals surface area (Å²) < 4.78 is 78.4. The lowest BCUT2D eigenvalue weighted by Crippen LogP contribution is -2.21. The Morgan fingerprint density at radius 1 is 0.894 bits per heavy atom. The zero-order chi connectivity index (χ0) is 35.7. The molecule has 1 amide bonds. The second-order valence-electron chi connectivity index (χ2n) is 9.28. The molecule has 1 heterocycles. The van der Waals surface area contributed by atoms with E-state index in [1.54, 1.807) is 66.9 Å². The molecule has 4 rings (SSSR count). The number of benzene rings is 3. The van der Waals surface area contributed by atoms with E-state index in [4.69, 9.17) is 36.7 Å². The second-order valence-corrected chi connectivity index (χ2v) is 9.28. The smallest absolute Gasteiger partial charge is 0.475 e. The number of primary amides is 1. The number of aromatic amines is 1. The fourth-order valence-electron chi connectivity index (χ4n) is 3.63. The Balaban J connectivity index is 0.000000459. The minimum Gasteiger partial charge on any atom is -0.475 e. The number of anilines is 1. The summed E-state index contributed by atoms with van der Waals surface area (Å²) in [6.45, 7) is 1.89. The maximum atomic E-state index is 14.9. The first-order valence-electron chi connectivity index (χ1n) is 12.7. The Labute approximate surface area is 260 Å². The molecule has 0 fully saturated rings. The number of imidazole rings is 1. The van der Waals surface area contributed by atoms with E-state index in [1.807, 2.05) is 6.92 Å². The molecule has 0 saturated heterocycles. The first-order valence-corrected chi connectivity index (χ1v) is 12.7. The first kappa shape index (κ1) is 37.2. The number of H-pyrrole nitrogens is 1. The molecule has 0 radical (unpaired) electrons. The van der Waals surface area contributed by atoms with Crippen molar-refractivity contribution in [1.29, 1.82) is 5.41 Å². The fourth-order valence-corrected chi connectivity index (χ4v) is 3.63. The number of alkyl halides is 6. The summed E-state index contributed by atoms with van der Waals surface area (Å²) in [6.07, 6.45) is -8.50. The minimum absolute atomic E-state index is 0.0355. The normalized spacial score (nSPS) is 11.6. The summed E-state index contributed by atoms with van der Waals surface area (Å²) in [5, 5.41) is 25.1. The highest BCUT2D eigenvalue weighted by Crippen LogP contribution is 2.30. The lowest BCUT2D eigenvalue weighted by molar-refractivity contribution is -0.193. The van der Waals surface area contributed by atoms with Crippen molar-refractivity contribution in [2.24, 2.45) is 11.5 Å². The van der Waals surface area contributed by atoms with Crippen LogP contribution in [0.5, 0.6) is 0 Å². The fraction of sp³-hybridized carbons (Fsp3) is 0.138. The molecule has 1 unspecified atom stereocenters. The number of amidine groups is 1. The molecule has 0 aliphatic carbocycles. The summed E-state index contributed by atoms with van der Waals surface area (Å²) in [7, 11) is 0. The topological polar surface area (TPSA) is 208 Å². The molecule has 4 aromatic rings. The lowest BCUT2D eigenvalue weighted by Gasteiger charge is -2.20. The molecule has 3 aromatic carbocycles. The Morgan fingerprint density at radius 3 is 1.91 bits per heavy atom. The van der Waals surface area contributed by atoms with Crippen LogP contribution in [-0.2, 0) is 9.59 Å². The predicted molar refractivity (Wildman–Crippen MR) is 154 cm³/mol. The van der Waals surface area contributed by atoms with Gasteiger partial charge in [0.25, 0.3) is 0 Å². The SMILES string of the molecule is Cc1ccc(F)c(C(Nc2ccc(C(=N)N)cc2)c2nc(-c3ccccc3C(N)=O)c[nH]2)c1.O=C(O)C(F)(F)F.O=C(O)C(F)(F)F. The lowest BCUT2D eigenvalue weighted by atomic mass is 10.0. The highest BCUT2D eigenvalue weighted by molar-refractivity contribution is 5.99. The molecule has 0 saturated carbocycles. The van der Waals surface area contributed by atoms with Gasteiger partial charge < -0.3 is 32.0 Å². The zero-order valence-electron chi connectivity index (χ0n) is 23.9. The number of aryl methyl sites for hydroxylation is 1. The zero-order valence-corrected chi connectivity index (χ0v) is 23.9. The van der Waals surface area contributed by atoms with Gasteiger partial charge in [0, 0.05) is 34.1 Å². The Hall–Kier alpha value is -5.94. The number of carbonyl (C=O) groups is 3. The molecule has 0 aliphatic rings. The minimum atomic E-state index is -5.08. The number of carboxylic acids is 2. The van der Waals surface area contributed by atoms with Gasteiger partial charge in [0.15, 0.2) is 0 Å². The van der Waals surface area contributed by atoms with Crippen molar-refractivity contribution in [2.75, 3.05) is 5.32 Å². The van der Waals surface area contributed by atoms with Crippen LogP contribution in [0.25, 0.3) is 11.3 Å². The van der Waals surface area contributed by atoms with Gasteiger partial charge in [-0.1, -0.05) is 35.9 Å². The van der Waals surface area contributed by atoms with Gasteiger partial charge in [-0.15, -0.1) is 0 Å². The van der Waals surface area contributed by atoms with E-state index in [1.165, 1.54) is 6.07 Å². The molecule has 0 spiro atoms. The molecule has 11 nitrogen and oxygen atoms in total. The number of carboxylic acid groups (broad SMARTS) is 2. The number of aromatic nitrogens is 2. The molecule has 1 atom stereocenters. The van der Waals surface area contributed by atoms with Crippen LogP contribution in [0.3, 0.4) is 0 Å². The van der Waals surface area contributed by atoms with Crippen LogP contribution in [-0.4, -0.2) is 56.2 Å². The van der Waals surface area contributed by atoms with Gasteiger partial charge in [-0.2, -0.15) is 26.3 Å². The van der Waals surface area contributed by atoms with Gasteiger partial charge in [-0.05, 0) is 43.3 Å². The number of amides is 1. The Morgan fingerprint density at radius 2 is 1.43 bits per heavy atom. The number of halogens is 7. The van der Waals surface area contributed by atoms with Gasteiger partial charge in [0.05, 0.1) is 5.69 Å². The van der Waals surface area contributed by atoms with Crippen molar-refractivity contribution in [2.45, 2.75) is 25.3 Å². The van der Waals surface area contributed by atoms with Gasteiger partial charge in [-0.3, -0.25) is 10.2 Å². The molecule has 1 aromatic heterocycles. The van der Waals surface area contributed by atoms with Crippen molar-refractivity contribution in [3.63, 3.8) is 0 Å². The molecule has 18 heteroatoms. The third-order valence-electron chi connectivity index (χ3n) is 5.79. The predicted octanol–water partition coefficient (Wildman–Crippen LogP) is 5.38. The number of hydrogen-bond acceptors (Lipinski definition) is 6. The van der Waals surface area contributed by atoms with E-state index in [0.717, 1.165) is 5.56 Å². The second kappa shape index (κ2) is 15.4. The maximum absolute atomic E-state index is 14.9. The molecule has 9 N–H and O–H groups in total. The summed E-state index contributed by atoms with van der Waals surface area (Å²) in [4.78, 5) is 37.4. The third kappa shape index (κ3) is 10.9. The van der Waals surface area contributed by atoms with Crippen LogP contribution >= 0.6 is 0 Å². The number of carbonyl (C=O) groups excluding carboxylic acids is 1. The van der Waals surface area contributed by atoms with Crippen molar-refractivity contribution in [3.8, 4) is 11.3 Å². The van der Waals surface area contributed by atoms with E-state index in [9.17, 15) is 35.5 Å². The van der Waals surface area contributed by atoms with E-state index < -0.39 is 36.2 Å². The van der Waals surface area contributed by atoms with E-state index in [-0.39, 0.29) is 11.7 Å². The van der Waals surface area contributed by atoms with Crippen molar-refractivity contribution in [3.05, 3.63) is 107 Å². The van der Waals surface area contributed by atoms with E-state index in [2.05, 4.69) is 15.3 Å². The van der Waals surface area contributed by atoms with Crippen molar-refractivity contribution >= 4 is 29.4 Å². The number of nitrogens with one attached hydrogen (secondary N) is 3.